The second-order valence-corrected chi connectivity index (χ2v) is 5.76. The van der Waals surface area contributed by atoms with Crippen LogP contribution in [0.1, 0.15) is 36.7 Å². The van der Waals surface area contributed by atoms with Crippen molar-refractivity contribution in [3.63, 3.8) is 0 Å². The molecule has 1 aliphatic rings. The van der Waals surface area contributed by atoms with Crippen molar-refractivity contribution < 1.29 is 4.79 Å². The van der Waals surface area contributed by atoms with E-state index in [2.05, 4.69) is 17.2 Å². The highest BCUT2D eigenvalue weighted by atomic mass is 16.1. The number of aromatic amines is 1. The Morgan fingerprint density at radius 2 is 2.21 bits per heavy atom. The Bertz CT molecular complexity index is 554. The van der Waals surface area contributed by atoms with Gasteiger partial charge in [0.2, 0.25) is 0 Å². The van der Waals surface area contributed by atoms with Gasteiger partial charge in [-0.15, -0.1) is 0 Å². The van der Waals surface area contributed by atoms with E-state index in [4.69, 9.17) is 0 Å². The Hall–Kier alpha value is -1.77. The minimum absolute atomic E-state index is 0.00996. The molecule has 1 heterocycles. The summed E-state index contributed by atoms with van der Waals surface area (Å²) in [6, 6.07) is 9.88. The van der Waals surface area contributed by atoms with Crippen LogP contribution in [0, 0.1) is 11.8 Å². The van der Waals surface area contributed by atoms with Gasteiger partial charge in [-0.3, -0.25) is 4.79 Å². The molecule has 1 aromatic heterocycles. The van der Waals surface area contributed by atoms with Crippen LogP contribution in [0.15, 0.2) is 30.3 Å². The van der Waals surface area contributed by atoms with E-state index in [0.717, 1.165) is 23.4 Å². The van der Waals surface area contributed by atoms with Crippen LogP contribution in [0.25, 0.3) is 10.9 Å². The molecule has 1 aromatic carbocycles. The lowest BCUT2D eigenvalue weighted by Crippen LogP contribution is -2.28. The molecule has 2 aromatic rings. The van der Waals surface area contributed by atoms with E-state index in [-0.39, 0.29) is 5.91 Å². The summed E-state index contributed by atoms with van der Waals surface area (Å²) in [6.07, 6.45) is 3.79. The summed E-state index contributed by atoms with van der Waals surface area (Å²) in [5, 5.41) is 4.14. The maximum absolute atomic E-state index is 12.1. The number of fused-ring (bicyclic) bond motifs is 1. The number of carbonyl (C=O) groups is 1. The Labute approximate surface area is 113 Å². The van der Waals surface area contributed by atoms with Crippen LogP contribution in [0.3, 0.4) is 0 Å². The van der Waals surface area contributed by atoms with Gasteiger partial charge in [0.25, 0.3) is 5.91 Å². The Kier molecular flexibility index (Phi) is 3.28. The molecule has 1 saturated carbocycles. The van der Waals surface area contributed by atoms with Crippen LogP contribution < -0.4 is 5.32 Å². The second-order valence-electron chi connectivity index (χ2n) is 5.76. The van der Waals surface area contributed by atoms with E-state index in [9.17, 15) is 4.79 Å². The minimum atomic E-state index is 0.00996. The first-order valence-electron chi connectivity index (χ1n) is 7.08. The molecular weight excluding hydrogens is 236 g/mol. The largest absolute Gasteiger partial charge is 0.351 e. The summed E-state index contributed by atoms with van der Waals surface area (Å²) in [5.74, 6) is 1.48. The number of amides is 1. The molecule has 0 bridgehead atoms. The lowest BCUT2D eigenvalue weighted by Gasteiger charge is -2.10. The van der Waals surface area contributed by atoms with Gasteiger partial charge in [0, 0.05) is 17.4 Å². The number of hydrogen-bond acceptors (Lipinski definition) is 1. The van der Waals surface area contributed by atoms with Crippen molar-refractivity contribution in [1.29, 1.82) is 0 Å². The molecule has 0 aliphatic heterocycles. The predicted molar refractivity (Wildman–Crippen MR) is 77.1 cm³/mol. The van der Waals surface area contributed by atoms with Gasteiger partial charge >= 0.3 is 0 Å². The molecule has 3 heteroatoms. The Balaban J connectivity index is 1.63. The summed E-state index contributed by atoms with van der Waals surface area (Å²) >= 11 is 0. The van der Waals surface area contributed by atoms with E-state index < -0.39 is 0 Å². The van der Waals surface area contributed by atoms with Crippen molar-refractivity contribution in [2.45, 2.75) is 26.2 Å². The number of carbonyl (C=O) groups excluding carboxylic acids is 1. The molecule has 0 saturated heterocycles. The zero-order valence-electron chi connectivity index (χ0n) is 11.3. The molecular formula is C16H20N2O. The molecule has 0 spiro atoms. The second kappa shape index (κ2) is 5.08. The van der Waals surface area contributed by atoms with Crippen LogP contribution in [0.4, 0.5) is 0 Å². The van der Waals surface area contributed by atoms with E-state index in [0.29, 0.717) is 11.6 Å². The molecule has 19 heavy (non-hydrogen) atoms. The molecule has 3 rings (SSSR count). The van der Waals surface area contributed by atoms with Crippen molar-refractivity contribution in [2.75, 3.05) is 6.54 Å². The van der Waals surface area contributed by atoms with E-state index in [1.54, 1.807) is 0 Å². The SMILES string of the molecule is CC1CCC(CNC(=O)c2cc3ccccc3[nH]2)C1. The molecule has 0 radical (unpaired) electrons. The lowest BCUT2D eigenvalue weighted by atomic mass is 10.1. The summed E-state index contributed by atoms with van der Waals surface area (Å²) in [5.41, 5.74) is 1.68. The highest BCUT2D eigenvalue weighted by Gasteiger charge is 2.21. The van der Waals surface area contributed by atoms with Gasteiger partial charge in [-0.2, -0.15) is 0 Å². The van der Waals surface area contributed by atoms with Crippen LogP contribution in [0.2, 0.25) is 0 Å². The molecule has 1 amide bonds. The van der Waals surface area contributed by atoms with Crippen LogP contribution >= 0.6 is 0 Å². The number of rotatable bonds is 3. The number of H-pyrrole nitrogens is 1. The van der Waals surface area contributed by atoms with Gasteiger partial charge in [-0.1, -0.05) is 31.5 Å². The summed E-state index contributed by atoms with van der Waals surface area (Å²) in [4.78, 5) is 15.3. The van der Waals surface area contributed by atoms with E-state index in [1.165, 1.54) is 19.3 Å². The fourth-order valence-electron chi connectivity index (χ4n) is 3.04. The van der Waals surface area contributed by atoms with Gasteiger partial charge < -0.3 is 10.3 Å². The third-order valence-electron chi connectivity index (χ3n) is 4.13. The van der Waals surface area contributed by atoms with Crippen LogP contribution in [0.5, 0.6) is 0 Å². The highest BCUT2D eigenvalue weighted by Crippen LogP contribution is 2.29. The van der Waals surface area contributed by atoms with E-state index in [1.807, 2.05) is 30.3 Å². The fraction of sp³-hybridized carbons (Fsp3) is 0.438. The third kappa shape index (κ3) is 2.65. The van der Waals surface area contributed by atoms with Crippen molar-refractivity contribution in [3.05, 3.63) is 36.0 Å². The number of para-hydroxylation sites is 1. The zero-order valence-corrected chi connectivity index (χ0v) is 11.3. The Morgan fingerprint density at radius 3 is 2.95 bits per heavy atom. The summed E-state index contributed by atoms with van der Waals surface area (Å²) < 4.78 is 0. The molecule has 1 aliphatic carbocycles. The monoisotopic (exact) mass is 256 g/mol. The van der Waals surface area contributed by atoms with Gasteiger partial charge in [0.05, 0.1) is 0 Å². The Morgan fingerprint density at radius 1 is 1.37 bits per heavy atom. The maximum atomic E-state index is 12.1. The summed E-state index contributed by atoms with van der Waals surface area (Å²) in [7, 11) is 0. The van der Waals surface area contributed by atoms with Gasteiger partial charge in [-0.05, 0) is 36.8 Å². The molecule has 100 valence electrons. The van der Waals surface area contributed by atoms with Crippen LogP contribution in [-0.2, 0) is 0 Å². The number of benzene rings is 1. The van der Waals surface area contributed by atoms with Crippen LogP contribution in [-0.4, -0.2) is 17.4 Å². The van der Waals surface area contributed by atoms with Gasteiger partial charge in [0.1, 0.15) is 5.69 Å². The smallest absolute Gasteiger partial charge is 0.267 e. The average Bonchev–Trinajstić information content (AvgIpc) is 3.01. The molecule has 3 nitrogen and oxygen atoms in total. The predicted octanol–water partition coefficient (Wildman–Crippen LogP) is 3.33. The van der Waals surface area contributed by atoms with Crippen molar-refractivity contribution in [1.82, 2.24) is 10.3 Å². The normalized spacial score (nSPS) is 22.8. The number of hydrogen-bond donors (Lipinski definition) is 2. The molecule has 1 fully saturated rings. The first kappa shape index (κ1) is 12.3. The fourth-order valence-corrected chi connectivity index (χ4v) is 3.04. The van der Waals surface area contributed by atoms with Crippen molar-refractivity contribution >= 4 is 16.8 Å². The standard InChI is InChI=1S/C16H20N2O/c1-11-6-7-12(8-11)10-17-16(19)15-9-13-4-2-3-5-14(13)18-15/h2-5,9,11-12,18H,6-8,10H2,1H3,(H,17,19). The first-order chi connectivity index (χ1) is 9.22. The summed E-state index contributed by atoms with van der Waals surface area (Å²) in [6.45, 7) is 3.10. The lowest BCUT2D eigenvalue weighted by molar-refractivity contribution is 0.0943. The van der Waals surface area contributed by atoms with Gasteiger partial charge in [0.15, 0.2) is 0 Å². The molecule has 2 N–H and O–H groups in total. The quantitative estimate of drug-likeness (QED) is 0.869. The van der Waals surface area contributed by atoms with Crippen molar-refractivity contribution in [3.8, 4) is 0 Å². The van der Waals surface area contributed by atoms with Gasteiger partial charge in [-0.25, -0.2) is 0 Å². The minimum Gasteiger partial charge on any atom is -0.351 e. The molecule has 2 atom stereocenters. The topological polar surface area (TPSA) is 44.9 Å². The number of aromatic nitrogens is 1. The third-order valence-corrected chi connectivity index (χ3v) is 4.13. The molecule has 2 unspecified atom stereocenters. The average molecular weight is 256 g/mol. The van der Waals surface area contributed by atoms with Crippen molar-refractivity contribution in [2.24, 2.45) is 11.8 Å². The number of nitrogens with one attached hydrogen (secondary N) is 2. The zero-order chi connectivity index (χ0) is 13.2. The first-order valence-corrected chi connectivity index (χ1v) is 7.08. The highest BCUT2D eigenvalue weighted by molar-refractivity contribution is 5.97. The van der Waals surface area contributed by atoms with E-state index >= 15 is 0 Å². The maximum Gasteiger partial charge on any atom is 0.267 e.